The van der Waals surface area contributed by atoms with E-state index in [9.17, 15) is 33.5 Å². The fourth-order valence-corrected chi connectivity index (χ4v) is 6.89. The van der Waals surface area contributed by atoms with Crippen molar-refractivity contribution >= 4 is 53.8 Å². The molecule has 4 amide bonds. The molecule has 3 aromatic rings. The maximum atomic E-state index is 13.8. The van der Waals surface area contributed by atoms with Crippen LogP contribution in [0.1, 0.15) is 35.2 Å². The molecular formula is C30H35N4O7PS. The standard InChI is InChI=1S/C30H35N4O7PS/c31-27(35)24(17-20-13-14-21-8-4-5-11-23(21)16-20)32-29(37)26-12-6-7-15-34(26)30(38)25(18-43-19-42(39,40)41)33-28(36)22-9-2-1-3-10-22/h1-5,8-11,13-14,16,24-26H,6-7,12,15,17-19H2,(H2,31,35)(H,32,37)(H,33,36)(H2,39,40,41)/t24-,25-,26-/m0/s1. The highest BCUT2D eigenvalue weighted by atomic mass is 32.2. The van der Waals surface area contributed by atoms with Gasteiger partial charge in [0.1, 0.15) is 18.1 Å². The van der Waals surface area contributed by atoms with Crippen molar-refractivity contribution < 1.29 is 33.5 Å². The first-order valence-electron chi connectivity index (χ1n) is 13.9. The Morgan fingerprint density at radius 3 is 2.33 bits per heavy atom. The first kappa shape index (κ1) is 32.2. The summed E-state index contributed by atoms with van der Waals surface area (Å²) in [6.07, 6.45) is 1.80. The number of rotatable bonds is 12. The van der Waals surface area contributed by atoms with Crippen LogP contribution >= 0.6 is 19.4 Å². The summed E-state index contributed by atoms with van der Waals surface area (Å²) in [6.45, 7) is 0.240. The number of nitrogens with zero attached hydrogens (tertiary/aromatic N) is 1. The van der Waals surface area contributed by atoms with Gasteiger partial charge in [0.25, 0.3) is 5.91 Å². The Labute approximate surface area is 253 Å². The van der Waals surface area contributed by atoms with Crippen molar-refractivity contribution in [3.63, 3.8) is 0 Å². The molecular weight excluding hydrogens is 591 g/mol. The van der Waals surface area contributed by atoms with Gasteiger partial charge < -0.3 is 31.1 Å². The lowest BCUT2D eigenvalue weighted by molar-refractivity contribution is -0.144. The van der Waals surface area contributed by atoms with E-state index in [4.69, 9.17) is 5.73 Å². The fraction of sp³-hybridized carbons (Fsp3) is 0.333. The van der Waals surface area contributed by atoms with Crippen LogP contribution in [0.15, 0.2) is 72.8 Å². The number of nitrogens with two attached hydrogens (primary N) is 1. The Morgan fingerprint density at radius 1 is 0.930 bits per heavy atom. The fourth-order valence-electron chi connectivity index (χ4n) is 5.06. The van der Waals surface area contributed by atoms with Gasteiger partial charge in [0.15, 0.2) is 0 Å². The van der Waals surface area contributed by atoms with E-state index in [1.165, 1.54) is 4.90 Å². The Hall–Kier alpha value is -3.70. The molecule has 11 nitrogen and oxygen atoms in total. The zero-order valence-electron chi connectivity index (χ0n) is 23.4. The second kappa shape index (κ2) is 14.7. The summed E-state index contributed by atoms with van der Waals surface area (Å²) in [5.41, 5.74) is 6.26. The van der Waals surface area contributed by atoms with E-state index in [2.05, 4.69) is 10.6 Å². The molecule has 13 heteroatoms. The number of hydrogen-bond acceptors (Lipinski definition) is 6. The van der Waals surface area contributed by atoms with Crippen molar-refractivity contribution in [1.29, 1.82) is 0 Å². The van der Waals surface area contributed by atoms with Crippen molar-refractivity contribution in [3.8, 4) is 0 Å². The first-order chi connectivity index (χ1) is 20.5. The van der Waals surface area contributed by atoms with Crippen LogP contribution in [-0.2, 0) is 25.4 Å². The van der Waals surface area contributed by atoms with Crippen LogP contribution in [0.5, 0.6) is 0 Å². The molecule has 1 aliphatic heterocycles. The molecule has 1 saturated heterocycles. The largest absolute Gasteiger partial charge is 0.368 e. The van der Waals surface area contributed by atoms with Crippen LogP contribution in [0.2, 0.25) is 0 Å². The third-order valence-electron chi connectivity index (χ3n) is 7.19. The molecule has 1 heterocycles. The van der Waals surface area contributed by atoms with Crippen LogP contribution in [0.3, 0.4) is 0 Å². The van der Waals surface area contributed by atoms with Gasteiger partial charge in [0, 0.05) is 24.3 Å². The average molecular weight is 627 g/mol. The Morgan fingerprint density at radius 2 is 1.63 bits per heavy atom. The van der Waals surface area contributed by atoms with Gasteiger partial charge in [0.2, 0.25) is 17.7 Å². The number of amides is 4. The Balaban J connectivity index is 1.49. The highest BCUT2D eigenvalue weighted by Gasteiger charge is 2.37. The second-order valence-corrected chi connectivity index (χ2v) is 13.6. The molecule has 0 spiro atoms. The molecule has 0 saturated carbocycles. The van der Waals surface area contributed by atoms with E-state index >= 15 is 0 Å². The van der Waals surface area contributed by atoms with Crippen molar-refractivity contribution in [1.82, 2.24) is 15.5 Å². The van der Waals surface area contributed by atoms with Gasteiger partial charge in [-0.15, -0.1) is 11.8 Å². The summed E-state index contributed by atoms with van der Waals surface area (Å²) in [6, 6.07) is 18.7. The van der Waals surface area contributed by atoms with Gasteiger partial charge in [-0.2, -0.15) is 0 Å². The highest BCUT2D eigenvalue weighted by Crippen LogP contribution is 2.38. The summed E-state index contributed by atoms with van der Waals surface area (Å²) in [5, 5.41) is 7.43. The zero-order valence-corrected chi connectivity index (χ0v) is 25.1. The maximum absolute atomic E-state index is 13.8. The lowest BCUT2D eigenvalue weighted by atomic mass is 9.98. The molecule has 43 heavy (non-hydrogen) atoms. The van der Waals surface area contributed by atoms with Gasteiger partial charge in [-0.3, -0.25) is 23.7 Å². The van der Waals surface area contributed by atoms with Gasteiger partial charge in [0.05, 0.1) is 5.49 Å². The van der Waals surface area contributed by atoms with E-state index in [1.54, 1.807) is 30.3 Å². The smallest absolute Gasteiger partial charge is 0.335 e. The molecule has 3 aromatic carbocycles. The zero-order chi connectivity index (χ0) is 31.0. The molecule has 0 aromatic heterocycles. The van der Waals surface area contributed by atoms with Gasteiger partial charge in [-0.1, -0.05) is 60.7 Å². The van der Waals surface area contributed by atoms with Crippen LogP contribution in [0.25, 0.3) is 10.8 Å². The first-order valence-corrected chi connectivity index (χ1v) is 16.8. The SMILES string of the molecule is NC(=O)[C@H](Cc1ccc2ccccc2c1)NC(=O)[C@@H]1CCCCN1C(=O)[C@H](CSCP(=O)(O)O)NC(=O)c1ccccc1. The van der Waals surface area contributed by atoms with Crippen LogP contribution in [-0.4, -0.2) is 74.2 Å². The maximum Gasteiger partial charge on any atom is 0.335 e. The van der Waals surface area contributed by atoms with Crippen LogP contribution < -0.4 is 16.4 Å². The van der Waals surface area contributed by atoms with E-state index < -0.39 is 54.8 Å². The topological polar surface area (TPSA) is 179 Å². The van der Waals surface area contributed by atoms with Crippen molar-refractivity contribution in [2.45, 2.75) is 43.8 Å². The molecule has 0 unspecified atom stereocenters. The molecule has 6 N–H and O–H groups in total. The second-order valence-electron chi connectivity index (χ2n) is 10.4. The Kier molecular flexibility index (Phi) is 11.0. The molecule has 0 bridgehead atoms. The predicted molar refractivity (Wildman–Crippen MR) is 165 cm³/mol. The van der Waals surface area contributed by atoms with Gasteiger partial charge >= 0.3 is 7.60 Å². The number of carbonyl (C=O) groups is 4. The number of primary amides is 1. The van der Waals surface area contributed by atoms with E-state index in [1.807, 2.05) is 42.5 Å². The lowest BCUT2D eigenvalue weighted by Crippen LogP contribution is -2.60. The number of likely N-dealkylation sites (tertiary alicyclic amines) is 1. The number of benzene rings is 3. The molecule has 4 rings (SSSR count). The number of nitrogens with one attached hydrogen (secondary N) is 2. The minimum absolute atomic E-state index is 0.112. The number of fused-ring (bicyclic) bond motifs is 1. The third kappa shape index (κ3) is 9.14. The van der Waals surface area contributed by atoms with Crippen molar-refractivity contribution in [3.05, 3.63) is 83.9 Å². The van der Waals surface area contributed by atoms with Gasteiger partial charge in [-0.05, 0) is 47.7 Å². The average Bonchev–Trinajstić information content (AvgIpc) is 2.99. The Bertz CT molecular complexity index is 1520. The molecule has 0 radical (unpaired) electrons. The van der Waals surface area contributed by atoms with Crippen LogP contribution in [0, 0.1) is 0 Å². The van der Waals surface area contributed by atoms with Gasteiger partial charge in [-0.25, -0.2) is 0 Å². The third-order valence-corrected chi connectivity index (χ3v) is 9.83. The number of carbonyl (C=O) groups excluding carboxylic acids is 4. The summed E-state index contributed by atoms with van der Waals surface area (Å²) in [7, 11) is -4.36. The highest BCUT2D eigenvalue weighted by molar-refractivity contribution is 8.04. The summed E-state index contributed by atoms with van der Waals surface area (Å²) in [4.78, 5) is 72.6. The van der Waals surface area contributed by atoms with Crippen molar-refractivity contribution in [2.24, 2.45) is 5.73 Å². The molecule has 0 aliphatic carbocycles. The minimum atomic E-state index is -4.36. The van der Waals surface area contributed by atoms with E-state index in [0.29, 0.717) is 24.8 Å². The normalized spacial score (nSPS) is 16.7. The summed E-state index contributed by atoms with van der Waals surface area (Å²) in [5.74, 6) is -2.43. The molecule has 3 atom stereocenters. The predicted octanol–water partition coefficient (Wildman–Crippen LogP) is 2.40. The van der Waals surface area contributed by atoms with Crippen molar-refractivity contribution in [2.75, 3.05) is 17.8 Å². The summed E-state index contributed by atoms with van der Waals surface area (Å²) >= 11 is 0.837. The number of hydrogen-bond donors (Lipinski definition) is 5. The van der Waals surface area contributed by atoms with Crippen LogP contribution in [0.4, 0.5) is 0 Å². The molecule has 1 aliphatic rings. The quantitative estimate of drug-likeness (QED) is 0.190. The molecule has 228 valence electrons. The number of piperidine rings is 1. The minimum Gasteiger partial charge on any atom is -0.368 e. The summed E-state index contributed by atoms with van der Waals surface area (Å²) < 4.78 is 11.4. The van der Waals surface area contributed by atoms with E-state index in [0.717, 1.165) is 28.1 Å². The number of thioether (sulfide) groups is 1. The lowest BCUT2D eigenvalue weighted by Gasteiger charge is -2.37. The van der Waals surface area contributed by atoms with E-state index in [-0.39, 0.29) is 18.7 Å². The monoisotopic (exact) mass is 626 g/mol. The molecule has 1 fully saturated rings.